The fourth-order valence-electron chi connectivity index (χ4n) is 8.83. The summed E-state index contributed by atoms with van der Waals surface area (Å²) >= 11 is 0. The average Bonchev–Trinajstić information content (AvgIpc) is 3.23. The number of methoxy groups -OCH3 is 2. The first-order valence-electron chi connectivity index (χ1n) is 20.5. The summed E-state index contributed by atoms with van der Waals surface area (Å²) in [6.45, 7) is 2.07. The molecule has 0 saturated carbocycles. The van der Waals surface area contributed by atoms with Crippen LogP contribution in [0, 0.1) is 0 Å². The molecule has 5 aromatic rings. The van der Waals surface area contributed by atoms with Gasteiger partial charge in [0.25, 0.3) is 0 Å². The molecule has 0 aliphatic carbocycles. The number of rotatable bonds is 11. The van der Waals surface area contributed by atoms with E-state index in [1.54, 1.807) is 14.2 Å². The van der Waals surface area contributed by atoms with Gasteiger partial charge in [-0.25, -0.2) is 0 Å². The molecule has 9 rings (SSSR count). The third-order valence-corrected chi connectivity index (χ3v) is 12.0. The first-order chi connectivity index (χ1) is 28.3. The molecular formula is C49H54N2O7. The Hall–Kier alpha value is -5.35. The number of unbranched alkanes of at least 4 members (excludes halogenated alkanes) is 1. The van der Waals surface area contributed by atoms with Gasteiger partial charge in [0, 0.05) is 49.1 Å². The number of likely N-dealkylation sites (N-methyl/N-ethyl adjacent to an activating group) is 2. The maximum absolute atomic E-state index is 12.6. The molecule has 5 aromatic carbocycles. The monoisotopic (exact) mass is 782 g/mol. The van der Waals surface area contributed by atoms with Gasteiger partial charge < -0.3 is 28.8 Å². The van der Waals surface area contributed by atoms with Crippen molar-refractivity contribution >= 4 is 5.78 Å². The van der Waals surface area contributed by atoms with Crippen molar-refractivity contribution in [3.05, 3.63) is 136 Å². The first-order valence-corrected chi connectivity index (χ1v) is 20.5. The van der Waals surface area contributed by atoms with E-state index in [0.717, 1.165) is 73.2 Å². The molecule has 0 fully saturated rings. The number of aliphatic hydroxyl groups is 1. The van der Waals surface area contributed by atoms with Gasteiger partial charge in [-0.2, -0.15) is 0 Å². The summed E-state index contributed by atoms with van der Waals surface area (Å²) in [5.41, 5.74) is 8.64. The number of nitrogens with zero attached hydrogens (tertiary/aromatic N) is 2. The summed E-state index contributed by atoms with van der Waals surface area (Å²) < 4.78 is 32.2. The van der Waals surface area contributed by atoms with E-state index in [0.29, 0.717) is 65.9 Å². The van der Waals surface area contributed by atoms with Gasteiger partial charge in [0.1, 0.15) is 11.5 Å². The lowest BCUT2D eigenvalue weighted by Crippen LogP contribution is -2.34. The second kappa shape index (κ2) is 17.6. The molecular weight excluding hydrogens is 729 g/mol. The van der Waals surface area contributed by atoms with Crippen molar-refractivity contribution in [1.29, 1.82) is 0 Å². The molecule has 6 bridgehead atoms. The molecule has 58 heavy (non-hydrogen) atoms. The van der Waals surface area contributed by atoms with E-state index in [2.05, 4.69) is 66.4 Å². The quantitative estimate of drug-likeness (QED) is 0.132. The molecule has 302 valence electrons. The fraction of sp³-hybridized carbons (Fsp3) is 0.367. The van der Waals surface area contributed by atoms with Crippen molar-refractivity contribution in [3.63, 3.8) is 0 Å². The highest BCUT2D eigenvalue weighted by molar-refractivity contribution is 5.80. The Morgan fingerprint density at radius 1 is 0.759 bits per heavy atom. The molecule has 9 heteroatoms. The summed E-state index contributed by atoms with van der Waals surface area (Å²) in [5, 5.41) is 10.6. The molecule has 0 spiro atoms. The summed E-state index contributed by atoms with van der Waals surface area (Å²) in [6.07, 6.45) is 5.68. The summed E-state index contributed by atoms with van der Waals surface area (Å²) in [6, 6.07) is 30.9. The van der Waals surface area contributed by atoms with Crippen LogP contribution in [-0.4, -0.2) is 68.7 Å². The van der Waals surface area contributed by atoms with Crippen molar-refractivity contribution in [2.45, 2.75) is 70.1 Å². The van der Waals surface area contributed by atoms with Crippen LogP contribution in [0.15, 0.2) is 91.0 Å². The van der Waals surface area contributed by atoms with Gasteiger partial charge in [-0.1, -0.05) is 48.5 Å². The zero-order chi connectivity index (χ0) is 40.2. The number of ketones is 1. The highest BCUT2D eigenvalue weighted by atomic mass is 16.5. The van der Waals surface area contributed by atoms with Gasteiger partial charge >= 0.3 is 0 Å². The molecule has 1 unspecified atom stereocenters. The molecule has 9 nitrogen and oxygen atoms in total. The van der Waals surface area contributed by atoms with Gasteiger partial charge in [-0.05, 0) is 128 Å². The Labute approximate surface area is 342 Å². The average molecular weight is 783 g/mol. The van der Waals surface area contributed by atoms with E-state index in [9.17, 15) is 9.90 Å². The van der Waals surface area contributed by atoms with Crippen LogP contribution in [0.4, 0.5) is 0 Å². The molecule has 0 saturated heterocycles. The topological polar surface area (TPSA) is 89.9 Å². The molecule has 0 amide bonds. The standard InChI is InChI=1S/C49H54N2O7/c1-50-21-19-35-29-44(54-3)46-30-40(35)41(50)25-33-13-16-39(17-14-33)57-45-27-34(15-18-43(45)56-23-9-8-12-38(53)24-32-10-6-5-7-11-32)26-42-47-36(20-22-51(42)2)28-37(31-52)48(55-4)49(47)58-46/h5-7,10-11,13-18,27-30,41-42,52H,8-9,12,19-26,31H2,1-4H3/t41?,42-/m1/s1. The summed E-state index contributed by atoms with van der Waals surface area (Å²) in [5.74, 6) is 4.71. The number of carbonyl (C=O) groups excluding carboxylic acids is 1. The van der Waals surface area contributed by atoms with Gasteiger partial charge in [-0.3, -0.25) is 14.6 Å². The molecule has 4 aliphatic rings. The first kappa shape index (κ1) is 39.5. The predicted octanol–water partition coefficient (Wildman–Crippen LogP) is 9.00. The van der Waals surface area contributed by atoms with Gasteiger partial charge in [0.05, 0.1) is 27.4 Å². The van der Waals surface area contributed by atoms with E-state index >= 15 is 0 Å². The van der Waals surface area contributed by atoms with Crippen molar-refractivity contribution in [1.82, 2.24) is 9.80 Å². The van der Waals surface area contributed by atoms with Crippen molar-refractivity contribution < 1.29 is 33.6 Å². The van der Waals surface area contributed by atoms with Crippen LogP contribution in [-0.2, 0) is 43.5 Å². The van der Waals surface area contributed by atoms with Gasteiger partial charge in [-0.15, -0.1) is 0 Å². The smallest absolute Gasteiger partial charge is 0.174 e. The van der Waals surface area contributed by atoms with Crippen LogP contribution in [0.1, 0.15) is 75.9 Å². The van der Waals surface area contributed by atoms with Gasteiger partial charge in [0.2, 0.25) is 0 Å². The molecule has 4 heterocycles. The molecule has 0 radical (unpaired) electrons. The van der Waals surface area contributed by atoms with E-state index in [-0.39, 0.29) is 24.5 Å². The Kier molecular flexibility index (Phi) is 12.0. The van der Waals surface area contributed by atoms with E-state index in [1.807, 2.05) is 48.5 Å². The highest BCUT2D eigenvalue weighted by Crippen LogP contribution is 2.50. The van der Waals surface area contributed by atoms with Gasteiger partial charge in [0.15, 0.2) is 34.5 Å². The number of ether oxygens (including phenoxy) is 5. The maximum Gasteiger partial charge on any atom is 0.174 e. The third kappa shape index (κ3) is 8.44. The number of Topliss-reactive ketones (excluding diaryl/α,β-unsaturated/α-hetero) is 1. The number of benzene rings is 5. The van der Waals surface area contributed by atoms with Crippen molar-refractivity contribution in [2.24, 2.45) is 0 Å². The molecule has 4 aliphatic heterocycles. The Morgan fingerprint density at radius 3 is 2.24 bits per heavy atom. The molecule has 0 aromatic heterocycles. The SMILES string of the molecule is COc1cc2c3cc1Oc1c(OC)c(CO)cc4c1[C@@H](Cc1ccc(OCCCCC(=O)Cc5ccccc5)c(c1)Oc1ccc(cc1)CC3N(C)CC2)N(C)CC4. The second-order valence-corrected chi connectivity index (χ2v) is 15.9. The van der Waals surface area contributed by atoms with Crippen LogP contribution in [0.3, 0.4) is 0 Å². The van der Waals surface area contributed by atoms with Crippen molar-refractivity contribution in [2.75, 3.05) is 48.0 Å². The Morgan fingerprint density at radius 2 is 1.48 bits per heavy atom. The fourth-order valence-corrected chi connectivity index (χ4v) is 8.83. The molecule has 2 atom stereocenters. The van der Waals surface area contributed by atoms with Crippen LogP contribution < -0.4 is 23.7 Å². The maximum atomic E-state index is 12.6. The van der Waals surface area contributed by atoms with E-state index < -0.39 is 0 Å². The van der Waals surface area contributed by atoms with Crippen LogP contribution in [0.5, 0.6) is 40.2 Å². The number of carbonyl (C=O) groups is 1. The largest absolute Gasteiger partial charge is 0.493 e. The summed E-state index contributed by atoms with van der Waals surface area (Å²) in [4.78, 5) is 17.4. The summed E-state index contributed by atoms with van der Waals surface area (Å²) in [7, 11) is 7.66. The Bertz CT molecular complexity index is 2240. The number of hydrogen-bond donors (Lipinski definition) is 1. The number of fused-ring (bicyclic) bond motifs is 2. The molecule has 1 N–H and O–H groups in total. The Balaban J connectivity index is 1.15. The minimum atomic E-state index is -0.174. The minimum absolute atomic E-state index is 0.0749. The van der Waals surface area contributed by atoms with E-state index in [4.69, 9.17) is 23.7 Å². The van der Waals surface area contributed by atoms with Crippen molar-refractivity contribution in [3.8, 4) is 40.2 Å². The predicted molar refractivity (Wildman–Crippen MR) is 225 cm³/mol. The highest BCUT2D eigenvalue weighted by Gasteiger charge is 2.34. The normalized spacial score (nSPS) is 17.6. The third-order valence-electron chi connectivity index (χ3n) is 12.0. The lowest BCUT2D eigenvalue weighted by Gasteiger charge is -2.37. The van der Waals surface area contributed by atoms with Crippen LogP contribution in [0.2, 0.25) is 0 Å². The zero-order valence-electron chi connectivity index (χ0n) is 34.1. The van der Waals surface area contributed by atoms with Crippen LogP contribution >= 0.6 is 0 Å². The zero-order valence-corrected chi connectivity index (χ0v) is 34.1. The van der Waals surface area contributed by atoms with E-state index in [1.165, 1.54) is 16.7 Å². The number of hydrogen-bond acceptors (Lipinski definition) is 9. The lowest BCUT2D eigenvalue weighted by molar-refractivity contribution is -0.118. The minimum Gasteiger partial charge on any atom is -0.493 e. The number of aliphatic hydroxyl groups excluding tert-OH is 1. The lowest BCUT2D eigenvalue weighted by atomic mass is 9.86. The second-order valence-electron chi connectivity index (χ2n) is 15.9. The van der Waals surface area contributed by atoms with Crippen LogP contribution in [0.25, 0.3) is 0 Å².